The number of aromatic nitrogens is 1. The van der Waals surface area contributed by atoms with E-state index in [0.29, 0.717) is 21.6 Å². The molecule has 0 fully saturated rings. The Morgan fingerprint density at radius 3 is 2.52 bits per heavy atom. The molecule has 6 N–H and O–H groups in total. The number of fused-ring (bicyclic) bond motifs is 3. The van der Waals surface area contributed by atoms with Gasteiger partial charge in [0, 0.05) is 16.1 Å². The summed E-state index contributed by atoms with van der Waals surface area (Å²) in [4.78, 5) is 15.5. The number of hydrogen-bond acceptors (Lipinski definition) is 5. The molecular weight excluding hydrogens is 364 g/mol. The number of halogens is 1. The predicted molar refractivity (Wildman–Crippen MR) is 109 cm³/mol. The fourth-order valence-corrected chi connectivity index (χ4v) is 3.37. The molecule has 0 aliphatic rings. The van der Waals surface area contributed by atoms with E-state index in [1.807, 2.05) is 30.3 Å². The first-order valence-electron chi connectivity index (χ1n) is 8.33. The van der Waals surface area contributed by atoms with Crippen LogP contribution in [0.4, 0.5) is 5.69 Å². The van der Waals surface area contributed by atoms with Gasteiger partial charge >= 0.3 is 0 Å². The number of rotatable bonds is 4. The minimum atomic E-state index is -0.807. The van der Waals surface area contributed by atoms with Gasteiger partial charge in [0.2, 0.25) is 0 Å². The highest BCUT2D eigenvalue weighted by molar-refractivity contribution is 6.30. The average Bonchev–Trinajstić information content (AvgIpc) is 2.68. The first-order valence-corrected chi connectivity index (χ1v) is 8.71. The van der Waals surface area contributed by atoms with E-state index in [2.05, 4.69) is 15.7 Å². The maximum atomic E-state index is 12.7. The van der Waals surface area contributed by atoms with Crippen LogP contribution >= 0.6 is 11.6 Å². The largest absolute Gasteiger partial charge is 0.507 e. The van der Waals surface area contributed by atoms with Crippen molar-refractivity contribution in [1.82, 2.24) is 10.4 Å². The van der Waals surface area contributed by atoms with Crippen molar-refractivity contribution in [2.45, 2.75) is 6.17 Å². The molecule has 0 saturated carbocycles. The number of nitrogens with one attached hydrogen (secondary N) is 3. The summed E-state index contributed by atoms with van der Waals surface area (Å²) in [6.07, 6.45) is -0.807. The summed E-state index contributed by atoms with van der Waals surface area (Å²) in [6.45, 7) is 0. The standard InChI is InChI=1S/C20H17ClN4O2/c21-12-6-8-13(9-7-12)23-19(25-22)17-18(26)16-14-4-2-1-3-11(14)5-10-15(16)24-20(17)27/h1-10,19,23,25H,22H2,(H2,24,26,27). The molecule has 0 amide bonds. The first kappa shape index (κ1) is 17.4. The SMILES string of the molecule is NNC(Nc1ccc(Cl)cc1)c1c(O)c2c(ccc3ccccc32)[nH]c1=O. The molecule has 27 heavy (non-hydrogen) atoms. The van der Waals surface area contributed by atoms with Gasteiger partial charge in [-0.15, -0.1) is 0 Å². The molecule has 0 aliphatic carbocycles. The minimum absolute atomic E-state index is 0.108. The lowest BCUT2D eigenvalue weighted by Gasteiger charge is -2.20. The van der Waals surface area contributed by atoms with Gasteiger partial charge in [0.05, 0.1) is 11.1 Å². The lowest BCUT2D eigenvalue weighted by atomic mass is 10.0. The third-order valence-corrected chi connectivity index (χ3v) is 4.78. The first-order chi connectivity index (χ1) is 13.1. The Morgan fingerprint density at radius 1 is 1.04 bits per heavy atom. The Kier molecular flexibility index (Phi) is 4.45. The highest BCUT2D eigenvalue weighted by Gasteiger charge is 2.21. The van der Waals surface area contributed by atoms with Crippen molar-refractivity contribution in [3.8, 4) is 5.75 Å². The Labute approximate surface area is 159 Å². The molecule has 0 bridgehead atoms. The summed E-state index contributed by atoms with van der Waals surface area (Å²) in [7, 11) is 0. The van der Waals surface area contributed by atoms with Crippen LogP contribution in [0.5, 0.6) is 5.75 Å². The zero-order chi connectivity index (χ0) is 19.0. The number of benzene rings is 3. The zero-order valence-corrected chi connectivity index (χ0v) is 14.9. The van der Waals surface area contributed by atoms with E-state index in [-0.39, 0.29) is 11.3 Å². The topological polar surface area (TPSA) is 103 Å². The predicted octanol–water partition coefficient (Wildman–Crippen LogP) is 3.61. The molecule has 7 heteroatoms. The number of aromatic hydroxyl groups is 1. The van der Waals surface area contributed by atoms with Crippen molar-refractivity contribution < 1.29 is 5.11 Å². The molecule has 1 aromatic heterocycles. The van der Waals surface area contributed by atoms with Crippen molar-refractivity contribution in [3.05, 3.63) is 81.6 Å². The molecule has 0 aliphatic heterocycles. The quantitative estimate of drug-likeness (QED) is 0.161. The molecule has 3 aromatic carbocycles. The van der Waals surface area contributed by atoms with E-state index in [0.717, 1.165) is 10.8 Å². The van der Waals surface area contributed by atoms with Crippen molar-refractivity contribution in [2.24, 2.45) is 5.84 Å². The second-order valence-corrected chi connectivity index (χ2v) is 6.61. The number of hydrogen-bond donors (Lipinski definition) is 5. The summed E-state index contributed by atoms with van der Waals surface area (Å²) in [5.41, 5.74) is 3.48. The average molecular weight is 381 g/mol. The summed E-state index contributed by atoms with van der Waals surface area (Å²) >= 11 is 5.91. The van der Waals surface area contributed by atoms with E-state index >= 15 is 0 Å². The Hall–Kier alpha value is -3.06. The molecule has 1 unspecified atom stereocenters. The van der Waals surface area contributed by atoms with Crippen LogP contribution in [0.15, 0.2) is 65.5 Å². The third kappa shape index (κ3) is 3.10. The molecule has 0 spiro atoms. The van der Waals surface area contributed by atoms with E-state index in [1.54, 1.807) is 30.3 Å². The number of aromatic amines is 1. The van der Waals surface area contributed by atoms with E-state index in [9.17, 15) is 9.90 Å². The normalized spacial score (nSPS) is 12.4. The molecule has 4 rings (SSSR count). The molecule has 1 atom stereocenters. The number of nitrogens with two attached hydrogens (primary N) is 1. The van der Waals surface area contributed by atoms with E-state index in [4.69, 9.17) is 17.4 Å². The van der Waals surface area contributed by atoms with Gasteiger partial charge < -0.3 is 15.4 Å². The van der Waals surface area contributed by atoms with Gasteiger partial charge in [0.25, 0.3) is 5.56 Å². The minimum Gasteiger partial charge on any atom is -0.507 e. The number of anilines is 1. The van der Waals surface area contributed by atoms with Crippen LogP contribution in [-0.2, 0) is 0 Å². The lowest BCUT2D eigenvalue weighted by Crippen LogP contribution is -2.37. The van der Waals surface area contributed by atoms with Gasteiger partial charge in [0.15, 0.2) is 0 Å². The highest BCUT2D eigenvalue weighted by Crippen LogP contribution is 2.34. The maximum Gasteiger partial charge on any atom is 0.258 e. The van der Waals surface area contributed by atoms with Crippen molar-refractivity contribution in [2.75, 3.05) is 5.32 Å². The third-order valence-electron chi connectivity index (χ3n) is 4.52. The summed E-state index contributed by atoms with van der Waals surface area (Å²) in [5, 5.41) is 17.0. The Bertz CT molecular complexity index is 1190. The van der Waals surface area contributed by atoms with Gasteiger partial charge in [-0.25, -0.2) is 5.43 Å². The van der Waals surface area contributed by atoms with Crippen molar-refractivity contribution in [1.29, 1.82) is 0 Å². The van der Waals surface area contributed by atoms with Gasteiger partial charge in [0.1, 0.15) is 11.9 Å². The maximum absolute atomic E-state index is 12.7. The summed E-state index contributed by atoms with van der Waals surface area (Å²) in [5.74, 6) is 5.56. The van der Waals surface area contributed by atoms with Crippen molar-refractivity contribution in [3.63, 3.8) is 0 Å². The fourth-order valence-electron chi connectivity index (χ4n) is 3.24. The molecule has 0 saturated heterocycles. The molecular formula is C20H17ClN4O2. The van der Waals surface area contributed by atoms with Gasteiger partial charge in [-0.1, -0.05) is 41.9 Å². The zero-order valence-electron chi connectivity index (χ0n) is 14.2. The van der Waals surface area contributed by atoms with Crippen LogP contribution in [-0.4, -0.2) is 10.1 Å². The molecule has 0 radical (unpaired) electrons. The van der Waals surface area contributed by atoms with Crippen LogP contribution in [0.25, 0.3) is 21.7 Å². The fraction of sp³-hybridized carbons (Fsp3) is 0.0500. The van der Waals surface area contributed by atoms with Gasteiger partial charge in [-0.3, -0.25) is 10.6 Å². The van der Waals surface area contributed by atoms with E-state index < -0.39 is 11.7 Å². The van der Waals surface area contributed by atoms with Crippen LogP contribution in [0.1, 0.15) is 11.7 Å². The Balaban J connectivity index is 1.90. The molecule has 4 aromatic rings. The van der Waals surface area contributed by atoms with Gasteiger partial charge in [-0.05, 0) is 41.1 Å². The van der Waals surface area contributed by atoms with Gasteiger partial charge in [-0.2, -0.15) is 0 Å². The monoisotopic (exact) mass is 380 g/mol. The van der Waals surface area contributed by atoms with Crippen LogP contribution < -0.4 is 22.1 Å². The highest BCUT2D eigenvalue weighted by atomic mass is 35.5. The van der Waals surface area contributed by atoms with Crippen LogP contribution in [0.3, 0.4) is 0 Å². The Morgan fingerprint density at radius 2 is 1.78 bits per heavy atom. The van der Waals surface area contributed by atoms with E-state index in [1.165, 1.54) is 0 Å². The van der Waals surface area contributed by atoms with Crippen LogP contribution in [0, 0.1) is 0 Å². The number of H-pyrrole nitrogens is 1. The number of hydrazine groups is 1. The summed E-state index contributed by atoms with van der Waals surface area (Å²) in [6, 6.07) is 18.3. The van der Waals surface area contributed by atoms with Crippen LogP contribution in [0.2, 0.25) is 5.02 Å². The van der Waals surface area contributed by atoms with Crippen molar-refractivity contribution >= 4 is 39.0 Å². The molecule has 1 heterocycles. The summed E-state index contributed by atoms with van der Waals surface area (Å²) < 4.78 is 0. The second-order valence-electron chi connectivity index (χ2n) is 6.18. The molecule has 6 nitrogen and oxygen atoms in total. The number of pyridine rings is 1. The second kappa shape index (κ2) is 6.92. The lowest BCUT2D eigenvalue weighted by molar-refractivity contribution is 0.460. The molecule has 136 valence electrons. The smallest absolute Gasteiger partial charge is 0.258 e.